The standard InChI is InChI=1S/C18H10IN5O/c1-10-15-14-17(24(10)13-5-7-20-8-6-13)21-16(22-18(14)25-23-15)11-3-2-4-12(19)9-11/h2-9H,1H2. The first kappa shape index (κ1) is 14.5. The Hall–Kier alpha value is -2.81. The van der Waals surface area contributed by atoms with E-state index in [9.17, 15) is 0 Å². The minimum absolute atomic E-state index is 0.464. The molecule has 1 aromatic carbocycles. The van der Waals surface area contributed by atoms with Crippen LogP contribution in [0.2, 0.25) is 0 Å². The van der Waals surface area contributed by atoms with E-state index in [1.807, 2.05) is 41.0 Å². The van der Waals surface area contributed by atoms with Crippen molar-refractivity contribution in [3.63, 3.8) is 0 Å². The topological polar surface area (TPSA) is 69.6 Å². The molecular formula is C18H10IN5O. The van der Waals surface area contributed by atoms with Crippen LogP contribution >= 0.6 is 22.6 Å². The van der Waals surface area contributed by atoms with E-state index in [2.05, 4.69) is 44.3 Å². The summed E-state index contributed by atoms with van der Waals surface area (Å²) in [6, 6.07) is 11.8. The third-order valence-corrected chi connectivity index (χ3v) is 4.75. The Morgan fingerprint density at radius 3 is 2.72 bits per heavy atom. The van der Waals surface area contributed by atoms with Gasteiger partial charge in [-0.25, -0.2) is 4.98 Å². The van der Waals surface area contributed by atoms with Gasteiger partial charge in [0.15, 0.2) is 11.5 Å². The molecule has 0 spiro atoms. The van der Waals surface area contributed by atoms with Gasteiger partial charge in [0.2, 0.25) is 0 Å². The average molecular weight is 439 g/mol. The molecule has 0 aliphatic carbocycles. The molecule has 5 rings (SSSR count). The fourth-order valence-electron chi connectivity index (χ4n) is 2.96. The summed E-state index contributed by atoms with van der Waals surface area (Å²) in [6.45, 7) is 4.15. The highest BCUT2D eigenvalue weighted by Gasteiger charge is 2.21. The van der Waals surface area contributed by atoms with Gasteiger partial charge < -0.3 is 4.52 Å². The lowest BCUT2D eigenvalue weighted by molar-refractivity contribution is 0.456. The zero-order chi connectivity index (χ0) is 17.0. The summed E-state index contributed by atoms with van der Waals surface area (Å²) in [4.78, 5) is 13.4. The van der Waals surface area contributed by atoms with E-state index in [1.165, 1.54) is 0 Å². The van der Waals surface area contributed by atoms with Crippen LogP contribution in [0.3, 0.4) is 0 Å². The summed E-state index contributed by atoms with van der Waals surface area (Å²) in [6.07, 6.45) is 3.48. The van der Waals surface area contributed by atoms with Crippen molar-refractivity contribution in [3.8, 4) is 17.1 Å². The van der Waals surface area contributed by atoms with Crippen molar-refractivity contribution < 1.29 is 4.52 Å². The first-order valence-electron chi connectivity index (χ1n) is 7.55. The van der Waals surface area contributed by atoms with E-state index >= 15 is 0 Å². The van der Waals surface area contributed by atoms with E-state index in [4.69, 9.17) is 9.51 Å². The fraction of sp³-hybridized carbons (Fsp3) is 0. The Bertz CT molecular complexity index is 1280. The van der Waals surface area contributed by atoms with E-state index in [0.29, 0.717) is 22.4 Å². The second-order valence-electron chi connectivity index (χ2n) is 5.58. The molecule has 7 heteroatoms. The zero-order valence-corrected chi connectivity index (χ0v) is 15.0. The molecular weight excluding hydrogens is 429 g/mol. The monoisotopic (exact) mass is 439 g/mol. The van der Waals surface area contributed by atoms with Gasteiger partial charge in [-0.2, -0.15) is 4.98 Å². The maximum Gasteiger partial charge on any atom is 0.264 e. The predicted molar refractivity (Wildman–Crippen MR) is 103 cm³/mol. The molecule has 0 radical (unpaired) electrons. The van der Waals surface area contributed by atoms with Crippen molar-refractivity contribution in [1.82, 2.24) is 24.7 Å². The first-order chi connectivity index (χ1) is 12.2. The minimum Gasteiger partial charge on any atom is -0.335 e. The number of rotatable bonds is 2. The summed E-state index contributed by atoms with van der Waals surface area (Å²) in [5.74, 6) is 0.595. The van der Waals surface area contributed by atoms with Crippen LogP contribution in [0.4, 0.5) is 0 Å². The zero-order valence-electron chi connectivity index (χ0n) is 12.8. The number of pyridine rings is 1. The molecule has 0 atom stereocenters. The number of hydrogen-bond donors (Lipinski definition) is 0. The Kier molecular flexibility index (Phi) is 3.11. The summed E-state index contributed by atoms with van der Waals surface area (Å²) >= 11 is 2.27. The Balaban J connectivity index is 1.89. The van der Waals surface area contributed by atoms with Gasteiger partial charge in [-0.3, -0.25) is 9.55 Å². The summed E-state index contributed by atoms with van der Waals surface area (Å²) in [5.41, 5.74) is 3.72. The van der Waals surface area contributed by atoms with Crippen molar-refractivity contribution in [2.24, 2.45) is 0 Å². The van der Waals surface area contributed by atoms with E-state index in [0.717, 1.165) is 25.9 Å². The van der Waals surface area contributed by atoms with Gasteiger partial charge in [0.05, 0.1) is 11.0 Å². The first-order valence-corrected chi connectivity index (χ1v) is 8.63. The molecule has 0 amide bonds. The van der Waals surface area contributed by atoms with Crippen LogP contribution < -0.4 is 5.35 Å². The van der Waals surface area contributed by atoms with E-state index < -0.39 is 0 Å². The molecule has 0 N–H and O–H groups in total. The maximum atomic E-state index is 5.42. The minimum atomic E-state index is 0.464. The second kappa shape index (κ2) is 5.35. The van der Waals surface area contributed by atoms with Crippen molar-refractivity contribution >= 4 is 51.4 Å². The number of nitrogens with zero attached hydrogens (tertiary/aromatic N) is 5. The van der Waals surface area contributed by atoms with Gasteiger partial charge in [0.25, 0.3) is 5.71 Å². The molecule has 4 aromatic heterocycles. The van der Waals surface area contributed by atoms with Crippen LogP contribution in [0.1, 0.15) is 0 Å². The molecule has 6 nitrogen and oxygen atoms in total. The van der Waals surface area contributed by atoms with Crippen LogP contribution in [0.25, 0.3) is 45.9 Å². The van der Waals surface area contributed by atoms with Gasteiger partial charge in [0.1, 0.15) is 10.9 Å². The number of halogens is 1. The lowest BCUT2D eigenvalue weighted by Crippen LogP contribution is -2.13. The van der Waals surface area contributed by atoms with E-state index in [-0.39, 0.29) is 0 Å². The van der Waals surface area contributed by atoms with Crippen molar-refractivity contribution in [3.05, 3.63) is 57.7 Å². The Morgan fingerprint density at radius 1 is 1.08 bits per heavy atom. The molecule has 5 aromatic rings. The average Bonchev–Trinajstić information content (AvgIpc) is 3.18. The van der Waals surface area contributed by atoms with Crippen molar-refractivity contribution in [2.45, 2.75) is 0 Å². The maximum absolute atomic E-state index is 5.42. The fourth-order valence-corrected chi connectivity index (χ4v) is 3.50. The van der Waals surface area contributed by atoms with Crippen LogP contribution in [0, 0.1) is 3.57 Å². The molecule has 0 aliphatic rings. The van der Waals surface area contributed by atoms with Crippen LogP contribution in [-0.2, 0) is 0 Å². The molecule has 0 aliphatic heterocycles. The third-order valence-electron chi connectivity index (χ3n) is 4.08. The van der Waals surface area contributed by atoms with Gasteiger partial charge in [-0.1, -0.05) is 23.9 Å². The highest BCUT2D eigenvalue weighted by molar-refractivity contribution is 14.1. The molecule has 0 bridgehead atoms. The molecule has 0 saturated heterocycles. The van der Waals surface area contributed by atoms with Gasteiger partial charge >= 0.3 is 0 Å². The Morgan fingerprint density at radius 2 is 1.92 bits per heavy atom. The largest absolute Gasteiger partial charge is 0.335 e. The molecule has 4 heterocycles. The highest BCUT2D eigenvalue weighted by atomic mass is 127. The third kappa shape index (κ3) is 2.15. The number of hydrogen-bond acceptors (Lipinski definition) is 5. The lowest BCUT2D eigenvalue weighted by atomic mass is 10.2. The molecule has 0 unspecified atom stereocenters. The number of benzene rings is 1. The number of aromatic nitrogens is 5. The van der Waals surface area contributed by atoms with Gasteiger partial charge in [-0.15, -0.1) is 0 Å². The molecule has 0 fully saturated rings. The van der Waals surface area contributed by atoms with Crippen molar-refractivity contribution in [1.29, 1.82) is 0 Å². The van der Waals surface area contributed by atoms with Crippen molar-refractivity contribution in [2.75, 3.05) is 0 Å². The lowest BCUT2D eigenvalue weighted by Gasteiger charge is -2.06. The summed E-state index contributed by atoms with van der Waals surface area (Å²) in [5, 5.41) is 5.64. The molecule has 25 heavy (non-hydrogen) atoms. The molecule has 120 valence electrons. The molecule has 0 saturated carbocycles. The van der Waals surface area contributed by atoms with E-state index in [1.54, 1.807) is 12.4 Å². The quantitative estimate of drug-likeness (QED) is 0.395. The Labute approximate surface area is 155 Å². The van der Waals surface area contributed by atoms with Crippen LogP contribution in [0.15, 0.2) is 53.3 Å². The normalized spacial score (nSPS) is 11.6. The summed E-state index contributed by atoms with van der Waals surface area (Å²) < 4.78 is 8.50. The smallest absolute Gasteiger partial charge is 0.264 e. The SMILES string of the molecule is C=c1c2noc3nc(-c4cccc(I)c4)nc(c32)n1-c1ccncc1. The van der Waals surface area contributed by atoms with Gasteiger partial charge in [0, 0.05) is 21.5 Å². The second-order valence-corrected chi connectivity index (χ2v) is 6.83. The van der Waals surface area contributed by atoms with Crippen LogP contribution in [-0.4, -0.2) is 24.7 Å². The van der Waals surface area contributed by atoms with Gasteiger partial charge in [-0.05, 0) is 46.9 Å². The summed E-state index contributed by atoms with van der Waals surface area (Å²) in [7, 11) is 0. The highest BCUT2D eigenvalue weighted by Crippen LogP contribution is 2.28. The van der Waals surface area contributed by atoms with Crippen LogP contribution in [0.5, 0.6) is 0 Å². The predicted octanol–water partition coefficient (Wildman–Crippen LogP) is 3.36.